The zero-order valence-corrected chi connectivity index (χ0v) is 15.8. The number of benzene rings is 2. The van der Waals surface area contributed by atoms with Gasteiger partial charge in [0.05, 0.1) is 16.4 Å². The number of rotatable bonds is 3. The molecule has 152 valence electrons. The first-order valence-electron chi connectivity index (χ1n) is 8.99. The van der Waals surface area contributed by atoms with Crippen LogP contribution in [0, 0.1) is 5.82 Å². The van der Waals surface area contributed by atoms with Gasteiger partial charge in [0.15, 0.2) is 0 Å². The largest absolute Gasteiger partial charge is 0.573 e. The number of aromatic nitrogens is 2. The van der Waals surface area contributed by atoms with Crippen LogP contribution in [0.2, 0.25) is 5.02 Å². The summed E-state index contributed by atoms with van der Waals surface area (Å²) in [6.07, 6.45) is -2.10. The van der Waals surface area contributed by atoms with Gasteiger partial charge in [0.1, 0.15) is 17.4 Å². The summed E-state index contributed by atoms with van der Waals surface area (Å²) in [5.74, 6) is -0.000657. The van der Waals surface area contributed by atoms with Gasteiger partial charge in [0.25, 0.3) is 0 Å². The topological polar surface area (TPSA) is 39.1 Å². The molecule has 1 aromatic heterocycles. The molecular weight excluding hydrogens is 410 g/mol. The Kier molecular flexibility index (Phi) is 5.12. The molecule has 0 saturated heterocycles. The van der Waals surface area contributed by atoms with E-state index in [0.29, 0.717) is 16.9 Å². The van der Waals surface area contributed by atoms with E-state index in [9.17, 15) is 17.6 Å². The van der Waals surface area contributed by atoms with Gasteiger partial charge in [-0.25, -0.2) is 9.07 Å². The fourth-order valence-corrected chi connectivity index (χ4v) is 3.63. The minimum absolute atomic E-state index is 0.246. The molecule has 0 unspecified atom stereocenters. The van der Waals surface area contributed by atoms with Crippen molar-refractivity contribution >= 4 is 17.4 Å². The number of ether oxygens (including phenoxy) is 1. The van der Waals surface area contributed by atoms with Gasteiger partial charge >= 0.3 is 6.36 Å². The van der Waals surface area contributed by atoms with Crippen molar-refractivity contribution in [2.24, 2.45) is 0 Å². The van der Waals surface area contributed by atoms with Crippen LogP contribution in [-0.2, 0) is 6.42 Å². The van der Waals surface area contributed by atoms with Crippen molar-refractivity contribution in [2.45, 2.75) is 25.6 Å². The van der Waals surface area contributed by atoms with Crippen LogP contribution in [0.25, 0.3) is 16.9 Å². The molecule has 2 aromatic carbocycles. The highest BCUT2D eigenvalue weighted by Crippen LogP contribution is 2.37. The van der Waals surface area contributed by atoms with Gasteiger partial charge in [-0.05, 0) is 61.7 Å². The van der Waals surface area contributed by atoms with Crippen molar-refractivity contribution in [1.82, 2.24) is 9.78 Å². The van der Waals surface area contributed by atoms with Gasteiger partial charge in [-0.15, -0.1) is 13.2 Å². The number of halogens is 5. The van der Waals surface area contributed by atoms with Crippen LogP contribution in [0.5, 0.6) is 5.75 Å². The number of nitrogens with one attached hydrogen (secondary N) is 1. The quantitative estimate of drug-likeness (QED) is 0.525. The van der Waals surface area contributed by atoms with Crippen molar-refractivity contribution in [2.75, 3.05) is 11.9 Å². The molecule has 0 saturated carbocycles. The van der Waals surface area contributed by atoms with E-state index in [2.05, 4.69) is 15.2 Å². The Hall–Kier alpha value is -2.74. The summed E-state index contributed by atoms with van der Waals surface area (Å²) in [4.78, 5) is 0. The summed E-state index contributed by atoms with van der Waals surface area (Å²) in [6.45, 7) is 0.741. The molecule has 29 heavy (non-hydrogen) atoms. The lowest BCUT2D eigenvalue weighted by molar-refractivity contribution is -0.274. The first kappa shape index (κ1) is 19.6. The zero-order chi connectivity index (χ0) is 20.6. The molecule has 3 aromatic rings. The standard InChI is InChI=1S/C20H16ClF4N3O/c21-17-11-12(22)4-9-15(17)18-16-3-1-2-10-26-19(16)28(27-18)13-5-7-14(8-6-13)29-20(23,24)25/h4-9,11,26H,1-3,10H2. The highest BCUT2D eigenvalue weighted by Gasteiger charge is 2.31. The maximum Gasteiger partial charge on any atom is 0.573 e. The van der Waals surface area contributed by atoms with E-state index >= 15 is 0 Å². The Balaban J connectivity index is 1.79. The van der Waals surface area contributed by atoms with E-state index in [0.717, 1.165) is 37.2 Å². The molecule has 0 atom stereocenters. The van der Waals surface area contributed by atoms with Crippen LogP contribution in [0.3, 0.4) is 0 Å². The van der Waals surface area contributed by atoms with Gasteiger partial charge < -0.3 is 10.1 Å². The fraction of sp³-hybridized carbons (Fsp3) is 0.250. The second-order valence-corrected chi connectivity index (χ2v) is 7.04. The molecular formula is C20H16ClF4N3O. The molecule has 0 radical (unpaired) electrons. The molecule has 9 heteroatoms. The summed E-state index contributed by atoms with van der Waals surface area (Å²) in [7, 11) is 0. The molecule has 0 fully saturated rings. The van der Waals surface area contributed by atoms with E-state index in [1.807, 2.05) is 0 Å². The van der Waals surface area contributed by atoms with Crippen LogP contribution in [-0.4, -0.2) is 22.7 Å². The summed E-state index contributed by atoms with van der Waals surface area (Å²) >= 11 is 6.25. The minimum Gasteiger partial charge on any atom is -0.406 e. The predicted octanol–water partition coefficient (Wildman–Crippen LogP) is 5.98. The molecule has 2 heterocycles. The highest BCUT2D eigenvalue weighted by atomic mass is 35.5. The van der Waals surface area contributed by atoms with Gasteiger partial charge in [-0.2, -0.15) is 5.10 Å². The second-order valence-electron chi connectivity index (χ2n) is 6.64. The Morgan fingerprint density at radius 1 is 1.07 bits per heavy atom. The molecule has 1 N–H and O–H groups in total. The molecule has 0 amide bonds. The summed E-state index contributed by atoms with van der Waals surface area (Å²) < 4.78 is 56.2. The number of nitrogens with zero attached hydrogens (tertiary/aromatic N) is 2. The first-order valence-corrected chi connectivity index (χ1v) is 9.37. The lowest BCUT2D eigenvalue weighted by Crippen LogP contribution is -2.17. The predicted molar refractivity (Wildman–Crippen MR) is 102 cm³/mol. The molecule has 0 aliphatic carbocycles. The average molecular weight is 426 g/mol. The molecule has 4 nitrogen and oxygen atoms in total. The number of anilines is 1. The normalized spacial score (nSPS) is 14.1. The average Bonchev–Trinajstić information content (AvgIpc) is 2.83. The number of fused-ring (bicyclic) bond motifs is 1. The fourth-order valence-electron chi connectivity index (χ4n) is 3.38. The second kappa shape index (κ2) is 7.59. The van der Waals surface area contributed by atoms with Crippen LogP contribution >= 0.6 is 11.6 Å². The Morgan fingerprint density at radius 3 is 2.52 bits per heavy atom. The van der Waals surface area contributed by atoms with E-state index in [4.69, 9.17) is 11.6 Å². The minimum atomic E-state index is -4.75. The van der Waals surface area contributed by atoms with Crippen LogP contribution in [0.15, 0.2) is 42.5 Å². The lowest BCUT2D eigenvalue weighted by Gasteiger charge is -2.11. The van der Waals surface area contributed by atoms with Crippen LogP contribution < -0.4 is 10.1 Å². The van der Waals surface area contributed by atoms with E-state index in [1.165, 1.54) is 36.4 Å². The van der Waals surface area contributed by atoms with Crippen molar-refractivity contribution in [3.05, 3.63) is 58.9 Å². The van der Waals surface area contributed by atoms with Crippen molar-refractivity contribution < 1.29 is 22.3 Å². The zero-order valence-electron chi connectivity index (χ0n) is 15.1. The lowest BCUT2D eigenvalue weighted by atomic mass is 10.0. The highest BCUT2D eigenvalue weighted by molar-refractivity contribution is 6.33. The Labute approximate surface area is 169 Å². The number of alkyl halides is 3. The van der Waals surface area contributed by atoms with Gasteiger partial charge in [-0.3, -0.25) is 0 Å². The van der Waals surface area contributed by atoms with E-state index in [1.54, 1.807) is 10.7 Å². The first-order chi connectivity index (χ1) is 13.8. The van der Waals surface area contributed by atoms with Crippen molar-refractivity contribution in [1.29, 1.82) is 0 Å². The van der Waals surface area contributed by atoms with Crippen LogP contribution in [0.4, 0.5) is 23.4 Å². The van der Waals surface area contributed by atoms with E-state index in [-0.39, 0.29) is 10.8 Å². The molecule has 4 rings (SSSR count). The summed E-state index contributed by atoms with van der Waals surface area (Å²) in [6, 6.07) is 9.59. The number of hydrogen-bond acceptors (Lipinski definition) is 3. The molecule has 0 bridgehead atoms. The smallest absolute Gasteiger partial charge is 0.406 e. The van der Waals surface area contributed by atoms with Gasteiger partial charge in [0.2, 0.25) is 0 Å². The molecule has 0 spiro atoms. The summed E-state index contributed by atoms with van der Waals surface area (Å²) in [5, 5.41) is 8.24. The molecule has 1 aliphatic heterocycles. The maximum atomic E-state index is 13.5. The summed E-state index contributed by atoms with van der Waals surface area (Å²) in [5.41, 5.74) is 2.72. The van der Waals surface area contributed by atoms with Crippen molar-refractivity contribution in [3.63, 3.8) is 0 Å². The Morgan fingerprint density at radius 2 is 1.83 bits per heavy atom. The van der Waals surface area contributed by atoms with Crippen molar-refractivity contribution in [3.8, 4) is 22.7 Å². The maximum absolute atomic E-state index is 13.5. The monoisotopic (exact) mass is 425 g/mol. The van der Waals surface area contributed by atoms with Gasteiger partial charge in [-0.1, -0.05) is 11.6 Å². The van der Waals surface area contributed by atoms with Crippen LogP contribution in [0.1, 0.15) is 18.4 Å². The molecule has 1 aliphatic rings. The SMILES string of the molecule is Fc1ccc(-c2nn(-c3ccc(OC(F)(F)F)cc3)c3c2CCCCN3)c(Cl)c1. The van der Waals surface area contributed by atoms with E-state index < -0.39 is 12.2 Å². The number of hydrogen-bond donors (Lipinski definition) is 1. The van der Waals surface area contributed by atoms with Gasteiger partial charge in [0, 0.05) is 17.7 Å². The Bertz CT molecular complexity index is 1030. The third kappa shape index (κ3) is 4.17. The third-order valence-electron chi connectivity index (χ3n) is 4.63. The third-order valence-corrected chi connectivity index (χ3v) is 4.94.